The van der Waals surface area contributed by atoms with E-state index in [1.54, 1.807) is 19.0 Å². The van der Waals surface area contributed by atoms with Gasteiger partial charge in [0.15, 0.2) is 5.96 Å². The Morgan fingerprint density at radius 1 is 1.21 bits per heavy atom. The summed E-state index contributed by atoms with van der Waals surface area (Å²) in [4.78, 5) is 31.4. The molecule has 2 rings (SSSR count). The first-order valence-electron chi connectivity index (χ1n) is 9.00. The highest BCUT2D eigenvalue weighted by molar-refractivity contribution is 5.85. The van der Waals surface area contributed by atoms with Crippen molar-refractivity contribution in [3.63, 3.8) is 0 Å². The van der Waals surface area contributed by atoms with Gasteiger partial charge < -0.3 is 20.9 Å². The van der Waals surface area contributed by atoms with Crippen molar-refractivity contribution in [2.24, 2.45) is 16.6 Å². The Hall–Kier alpha value is -1.79. The van der Waals surface area contributed by atoms with E-state index < -0.39 is 0 Å². The molecule has 136 valence electrons. The first-order valence-corrected chi connectivity index (χ1v) is 9.00. The molecular formula is C17H31N5O2. The lowest BCUT2D eigenvalue weighted by Gasteiger charge is -2.35. The second kappa shape index (κ2) is 8.89. The Labute approximate surface area is 144 Å². The summed E-state index contributed by atoms with van der Waals surface area (Å²) in [7, 11) is 3.48. The van der Waals surface area contributed by atoms with Gasteiger partial charge in [0.25, 0.3) is 0 Å². The fourth-order valence-electron chi connectivity index (χ4n) is 3.48. The van der Waals surface area contributed by atoms with E-state index in [-0.39, 0.29) is 24.3 Å². The molecule has 1 aliphatic heterocycles. The van der Waals surface area contributed by atoms with Crippen molar-refractivity contribution in [3.8, 4) is 0 Å². The third kappa shape index (κ3) is 5.69. The number of nitrogens with two attached hydrogens (primary N) is 1. The number of piperidine rings is 1. The van der Waals surface area contributed by atoms with Crippen molar-refractivity contribution >= 4 is 17.8 Å². The highest BCUT2D eigenvalue weighted by atomic mass is 16.2. The minimum Gasteiger partial charge on any atom is -0.370 e. The van der Waals surface area contributed by atoms with Gasteiger partial charge in [0.1, 0.15) is 6.54 Å². The minimum absolute atomic E-state index is 0.00795. The molecule has 2 aliphatic rings. The molecule has 1 heterocycles. The van der Waals surface area contributed by atoms with Crippen LogP contribution >= 0.6 is 0 Å². The number of primary amides is 1. The van der Waals surface area contributed by atoms with Crippen molar-refractivity contribution in [3.05, 3.63) is 0 Å². The normalized spacial score (nSPS) is 22.5. The number of likely N-dealkylation sites (N-methyl/N-ethyl adjacent to an activating group) is 1. The van der Waals surface area contributed by atoms with Gasteiger partial charge in [-0.1, -0.05) is 12.8 Å². The van der Waals surface area contributed by atoms with E-state index in [0.29, 0.717) is 12.5 Å². The van der Waals surface area contributed by atoms with Crippen LogP contribution in [-0.4, -0.2) is 67.3 Å². The van der Waals surface area contributed by atoms with Gasteiger partial charge in [0, 0.05) is 39.6 Å². The number of carbonyl (C=O) groups is 2. The summed E-state index contributed by atoms with van der Waals surface area (Å²) in [5.74, 6) is 0.834. The van der Waals surface area contributed by atoms with Crippen LogP contribution in [0.2, 0.25) is 0 Å². The zero-order valence-corrected chi connectivity index (χ0v) is 15.0. The number of nitrogens with zero attached hydrogens (tertiary/aromatic N) is 3. The van der Waals surface area contributed by atoms with E-state index in [1.807, 2.05) is 0 Å². The van der Waals surface area contributed by atoms with Crippen molar-refractivity contribution in [1.82, 2.24) is 15.1 Å². The zero-order chi connectivity index (χ0) is 17.5. The Morgan fingerprint density at radius 3 is 2.54 bits per heavy atom. The van der Waals surface area contributed by atoms with E-state index >= 15 is 0 Å². The zero-order valence-electron chi connectivity index (χ0n) is 15.0. The Balaban J connectivity index is 2.03. The lowest BCUT2D eigenvalue weighted by atomic mass is 9.95. The van der Waals surface area contributed by atoms with Crippen LogP contribution in [0, 0.1) is 5.92 Å². The first-order chi connectivity index (χ1) is 11.5. The van der Waals surface area contributed by atoms with E-state index in [1.165, 1.54) is 12.8 Å². The number of aliphatic imine (C=N–C) groups is 1. The van der Waals surface area contributed by atoms with Gasteiger partial charge in [-0.25, -0.2) is 4.99 Å². The maximum atomic E-state index is 11.9. The Bertz CT molecular complexity index is 472. The van der Waals surface area contributed by atoms with Crippen molar-refractivity contribution in [2.45, 2.75) is 51.0 Å². The van der Waals surface area contributed by atoms with Gasteiger partial charge in [-0.2, -0.15) is 0 Å². The molecular weight excluding hydrogens is 306 g/mol. The van der Waals surface area contributed by atoms with Crippen LogP contribution < -0.4 is 11.1 Å². The average Bonchev–Trinajstić information content (AvgIpc) is 3.03. The molecule has 1 unspecified atom stereocenters. The molecule has 3 N–H and O–H groups in total. The SMILES string of the molecule is CN(C)C(=O)CN=C(NC1CCCC1)N1CCCC(CC(N)=O)C1. The van der Waals surface area contributed by atoms with Crippen LogP contribution in [0.1, 0.15) is 44.9 Å². The first kappa shape index (κ1) is 18.5. The number of likely N-dealkylation sites (tertiary alicyclic amines) is 1. The van der Waals surface area contributed by atoms with E-state index in [2.05, 4.69) is 15.2 Å². The third-order valence-electron chi connectivity index (χ3n) is 4.86. The summed E-state index contributed by atoms with van der Waals surface area (Å²) in [6.07, 6.45) is 7.25. The summed E-state index contributed by atoms with van der Waals surface area (Å²) in [5.41, 5.74) is 5.36. The largest absolute Gasteiger partial charge is 0.370 e. The van der Waals surface area contributed by atoms with E-state index in [4.69, 9.17) is 5.73 Å². The van der Waals surface area contributed by atoms with Crippen molar-refractivity contribution in [2.75, 3.05) is 33.7 Å². The topological polar surface area (TPSA) is 91.0 Å². The quantitative estimate of drug-likeness (QED) is 0.566. The van der Waals surface area contributed by atoms with E-state index in [9.17, 15) is 9.59 Å². The van der Waals surface area contributed by atoms with Crippen LogP contribution in [0.15, 0.2) is 4.99 Å². The average molecular weight is 337 g/mol. The summed E-state index contributed by atoms with van der Waals surface area (Å²) in [5, 5.41) is 3.54. The number of hydrogen-bond donors (Lipinski definition) is 2. The Kier molecular flexibility index (Phi) is 6.87. The summed E-state index contributed by atoms with van der Waals surface area (Å²) >= 11 is 0. The van der Waals surface area contributed by atoms with Gasteiger partial charge in [0.05, 0.1) is 0 Å². The molecule has 0 bridgehead atoms. The van der Waals surface area contributed by atoms with Crippen LogP contribution in [0.3, 0.4) is 0 Å². The molecule has 2 fully saturated rings. The van der Waals surface area contributed by atoms with Gasteiger partial charge in [-0.15, -0.1) is 0 Å². The maximum Gasteiger partial charge on any atom is 0.243 e. The third-order valence-corrected chi connectivity index (χ3v) is 4.86. The number of rotatable bonds is 5. The van der Waals surface area contributed by atoms with Gasteiger partial charge in [0.2, 0.25) is 11.8 Å². The van der Waals surface area contributed by atoms with Crippen LogP contribution in [-0.2, 0) is 9.59 Å². The molecule has 1 aliphatic carbocycles. The van der Waals surface area contributed by atoms with E-state index in [0.717, 1.165) is 44.7 Å². The molecule has 1 saturated heterocycles. The predicted molar refractivity (Wildman–Crippen MR) is 94.5 cm³/mol. The van der Waals surface area contributed by atoms with Crippen LogP contribution in [0.4, 0.5) is 0 Å². The summed E-state index contributed by atoms with van der Waals surface area (Å²) in [6, 6.07) is 0.440. The highest BCUT2D eigenvalue weighted by Crippen LogP contribution is 2.21. The highest BCUT2D eigenvalue weighted by Gasteiger charge is 2.26. The monoisotopic (exact) mass is 337 g/mol. The molecule has 7 nitrogen and oxygen atoms in total. The summed E-state index contributed by atoms with van der Waals surface area (Å²) < 4.78 is 0. The molecule has 0 aromatic heterocycles. The minimum atomic E-state index is -0.244. The van der Waals surface area contributed by atoms with Gasteiger partial charge in [-0.3, -0.25) is 9.59 Å². The van der Waals surface area contributed by atoms with Crippen LogP contribution in [0.25, 0.3) is 0 Å². The predicted octanol–water partition coefficient (Wildman–Crippen LogP) is 0.550. The molecule has 0 spiro atoms. The second-order valence-electron chi connectivity index (χ2n) is 7.18. The standard InChI is InChI=1S/C17H31N5O2/c1-21(2)16(24)11-19-17(20-14-7-3-4-8-14)22-9-5-6-13(12-22)10-15(18)23/h13-14H,3-12H2,1-2H3,(H2,18,23)(H,19,20). The summed E-state index contributed by atoms with van der Waals surface area (Å²) in [6.45, 7) is 1.83. The fourth-order valence-corrected chi connectivity index (χ4v) is 3.48. The van der Waals surface area contributed by atoms with Gasteiger partial charge >= 0.3 is 0 Å². The molecule has 0 aromatic rings. The number of hydrogen-bond acceptors (Lipinski definition) is 3. The lowest BCUT2D eigenvalue weighted by Crippen LogP contribution is -2.50. The van der Waals surface area contributed by atoms with Crippen LogP contribution in [0.5, 0.6) is 0 Å². The number of amides is 2. The number of guanidine groups is 1. The number of carbonyl (C=O) groups excluding carboxylic acids is 2. The molecule has 7 heteroatoms. The van der Waals surface area contributed by atoms with Crippen molar-refractivity contribution in [1.29, 1.82) is 0 Å². The maximum absolute atomic E-state index is 11.9. The lowest BCUT2D eigenvalue weighted by molar-refractivity contribution is -0.127. The molecule has 0 aromatic carbocycles. The second-order valence-corrected chi connectivity index (χ2v) is 7.18. The molecule has 2 amide bonds. The molecule has 0 radical (unpaired) electrons. The molecule has 1 atom stereocenters. The number of nitrogens with one attached hydrogen (secondary N) is 1. The van der Waals surface area contributed by atoms with Gasteiger partial charge in [-0.05, 0) is 31.6 Å². The smallest absolute Gasteiger partial charge is 0.243 e. The Morgan fingerprint density at radius 2 is 1.92 bits per heavy atom. The molecule has 1 saturated carbocycles. The molecule has 24 heavy (non-hydrogen) atoms. The fraction of sp³-hybridized carbons (Fsp3) is 0.824. The van der Waals surface area contributed by atoms with Crippen molar-refractivity contribution < 1.29 is 9.59 Å².